The lowest BCUT2D eigenvalue weighted by Gasteiger charge is -2.27. The van der Waals surface area contributed by atoms with Crippen molar-refractivity contribution in [1.82, 2.24) is 9.78 Å². The van der Waals surface area contributed by atoms with Crippen molar-refractivity contribution in [2.24, 2.45) is 0 Å². The normalized spacial score (nSPS) is 22.8. The molecule has 1 saturated heterocycles. The molecule has 0 radical (unpaired) electrons. The molecule has 1 aromatic heterocycles. The third-order valence-corrected chi connectivity index (χ3v) is 6.23. The maximum atomic E-state index is 12.2. The summed E-state index contributed by atoms with van der Waals surface area (Å²) < 4.78 is 26.0. The van der Waals surface area contributed by atoms with Gasteiger partial charge in [-0.3, -0.25) is 0 Å². The van der Waals surface area contributed by atoms with Crippen molar-refractivity contribution in [3.05, 3.63) is 48.3 Å². The molecule has 2 aromatic rings. The van der Waals surface area contributed by atoms with E-state index in [2.05, 4.69) is 5.10 Å². The van der Waals surface area contributed by atoms with Crippen molar-refractivity contribution < 1.29 is 13.5 Å². The predicted molar refractivity (Wildman–Crippen MR) is 79.9 cm³/mol. The molecular weight excluding hydrogens is 288 g/mol. The average Bonchev–Trinajstić information content (AvgIpc) is 2.96. The number of benzene rings is 1. The highest BCUT2D eigenvalue weighted by Crippen LogP contribution is 2.31. The number of hydrogen-bond donors (Lipinski definition) is 1. The largest absolute Gasteiger partial charge is 0.385 e. The summed E-state index contributed by atoms with van der Waals surface area (Å²) in [6.07, 6.45) is 2.56. The molecule has 1 aliphatic rings. The number of rotatable bonds is 3. The summed E-state index contributed by atoms with van der Waals surface area (Å²) in [7, 11) is -3.24. The molecule has 1 aromatic carbocycles. The Labute approximate surface area is 124 Å². The molecule has 0 aliphatic carbocycles. The third kappa shape index (κ3) is 2.73. The van der Waals surface area contributed by atoms with E-state index in [1.165, 1.54) is 0 Å². The van der Waals surface area contributed by atoms with Gasteiger partial charge in [-0.25, -0.2) is 13.1 Å². The Kier molecular flexibility index (Phi) is 3.82. The highest BCUT2D eigenvalue weighted by molar-refractivity contribution is 7.92. The first-order valence-corrected chi connectivity index (χ1v) is 8.80. The van der Waals surface area contributed by atoms with Crippen LogP contribution in [0.1, 0.15) is 31.1 Å². The molecule has 112 valence electrons. The Hall–Kier alpha value is -1.66. The molecule has 1 aliphatic heterocycles. The molecule has 2 heterocycles. The van der Waals surface area contributed by atoms with Gasteiger partial charge in [-0.2, -0.15) is 5.10 Å². The number of aromatic nitrogens is 2. The molecule has 5 nitrogen and oxygen atoms in total. The van der Waals surface area contributed by atoms with Crippen LogP contribution in [0.5, 0.6) is 0 Å². The highest BCUT2D eigenvalue weighted by Gasteiger charge is 2.36. The molecule has 6 heteroatoms. The van der Waals surface area contributed by atoms with E-state index < -0.39 is 21.2 Å². The first-order valence-electron chi connectivity index (χ1n) is 7.08. The topological polar surface area (TPSA) is 72.2 Å². The minimum absolute atomic E-state index is 0.161. The van der Waals surface area contributed by atoms with E-state index in [1.54, 1.807) is 16.9 Å². The monoisotopic (exact) mass is 306 g/mol. The van der Waals surface area contributed by atoms with Gasteiger partial charge in [0.1, 0.15) is 6.10 Å². The molecule has 0 spiro atoms. The summed E-state index contributed by atoms with van der Waals surface area (Å²) in [6.45, 7) is 0. The first kappa shape index (κ1) is 14.3. The van der Waals surface area contributed by atoms with Gasteiger partial charge in [-0.15, -0.1) is 0 Å². The fourth-order valence-electron chi connectivity index (χ4n) is 2.85. The lowest BCUT2D eigenvalue weighted by Crippen LogP contribution is -2.34. The van der Waals surface area contributed by atoms with Crippen LogP contribution in [0.25, 0.3) is 5.69 Å². The van der Waals surface area contributed by atoms with Crippen molar-refractivity contribution >= 4 is 9.84 Å². The van der Waals surface area contributed by atoms with Gasteiger partial charge in [0.05, 0.1) is 22.4 Å². The quantitative estimate of drug-likeness (QED) is 0.939. The Morgan fingerprint density at radius 1 is 1.19 bits per heavy atom. The summed E-state index contributed by atoms with van der Waals surface area (Å²) in [5.74, 6) is 0.161. The summed E-state index contributed by atoms with van der Waals surface area (Å²) in [4.78, 5) is 0. The summed E-state index contributed by atoms with van der Waals surface area (Å²) in [5, 5.41) is 14.1. The van der Waals surface area contributed by atoms with Crippen molar-refractivity contribution in [2.75, 3.05) is 5.75 Å². The number of sulfone groups is 1. The highest BCUT2D eigenvalue weighted by atomic mass is 32.2. The van der Waals surface area contributed by atoms with Gasteiger partial charge < -0.3 is 5.11 Å². The van der Waals surface area contributed by atoms with E-state index in [-0.39, 0.29) is 5.75 Å². The van der Waals surface area contributed by atoms with E-state index in [1.807, 2.05) is 30.3 Å². The van der Waals surface area contributed by atoms with Crippen molar-refractivity contribution in [3.63, 3.8) is 0 Å². The van der Waals surface area contributed by atoms with Gasteiger partial charge in [0, 0.05) is 6.20 Å². The van der Waals surface area contributed by atoms with Crippen LogP contribution in [-0.4, -0.2) is 34.3 Å². The van der Waals surface area contributed by atoms with Crippen LogP contribution < -0.4 is 0 Å². The number of nitrogens with zero attached hydrogens (tertiary/aromatic N) is 2. The second-order valence-electron chi connectivity index (χ2n) is 5.35. The molecule has 2 unspecified atom stereocenters. The predicted octanol–water partition coefficient (Wildman–Crippen LogP) is 1.87. The fraction of sp³-hybridized carbons (Fsp3) is 0.400. The zero-order valence-corrected chi connectivity index (χ0v) is 12.4. The van der Waals surface area contributed by atoms with Crippen LogP contribution >= 0.6 is 0 Å². The lowest BCUT2D eigenvalue weighted by molar-refractivity contribution is 0.157. The molecule has 0 bridgehead atoms. The van der Waals surface area contributed by atoms with Crippen LogP contribution in [-0.2, 0) is 9.84 Å². The second-order valence-corrected chi connectivity index (χ2v) is 7.69. The van der Waals surface area contributed by atoms with Crippen molar-refractivity contribution in [3.8, 4) is 5.69 Å². The van der Waals surface area contributed by atoms with Crippen LogP contribution in [0.4, 0.5) is 0 Å². The average molecular weight is 306 g/mol. The Balaban J connectivity index is 1.96. The lowest BCUT2D eigenvalue weighted by atomic mass is 10.1. The maximum Gasteiger partial charge on any atom is 0.156 e. The van der Waals surface area contributed by atoms with Crippen LogP contribution in [0.15, 0.2) is 42.6 Å². The van der Waals surface area contributed by atoms with Crippen molar-refractivity contribution in [2.45, 2.75) is 30.6 Å². The van der Waals surface area contributed by atoms with E-state index >= 15 is 0 Å². The molecule has 1 fully saturated rings. The van der Waals surface area contributed by atoms with Gasteiger partial charge in [0.15, 0.2) is 9.84 Å². The zero-order valence-electron chi connectivity index (χ0n) is 11.6. The van der Waals surface area contributed by atoms with Gasteiger partial charge in [0.25, 0.3) is 0 Å². The number of aliphatic hydroxyl groups is 1. The first-order chi connectivity index (χ1) is 10.1. The molecule has 1 N–H and O–H groups in total. The van der Waals surface area contributed by atoms with Gasteiger partial charge >= 0.3 is 0 Å². The van der Waals surface area contributed by atoms with E-state index in [9.17, 15) is 13.5 Å². The standard InChI is InChI=1S/C15H18N2O3S/c18-15(14-8-4-5-11-21(14,19)20)13-9-10-16-17(13)12-6-2-1-3-7-12/h1-3,6-7,9-10,14-15,18H,4-5,8,11H2. The van der Waals surface area contributed by atoms with Crippen molar-refractivity contribution in [1.29, 1.82) is 0 Å². The smallest absolute Gasteiger partial charge is 0.156 e. The van der Waals surface area contributed by atoms with Gasteiger partial charge in [0.2, 0.25) is 0 Å². The van der Waals surface area contributed by atoms with Crippen LogP contribution in [0, 0.1) is 0 Å². The molecular formula is C15H18N2O3S. The van der Waals surface area contributed by atoms with Gasteiger partial charge in [-0.05, 0) is 31.0 Å². The molecule has 21 heavy (non-hydrogen) atoms. The van der Waals surface area contributed by atoms with Crippen LogP contribution in [0.2, 0.25) is 0 Å². The molecule has 0 amide bonds. The summed E-state index contributed by atoms with van der Waals surface area (Å²) in [5.41, 5.74) is 1.33. The summed E-state index contributed by atoms with van der Waals surface area (Å²) >= 11 is 0. The van der Waals surface area contributed by atoms with E-state index in [0.29, 0.717) is 18.5 Å². The Morgan fingerprint density at radius 2 is 1.95 bits per heavy atom. The number of hydrogen-bond acceptors (Lipinski definition) is 4. The second kappa shape index (κ2) is 5.61. The fourth-order valence-corrected chi connectivity index (χ4v) is 4.81. The number of para-hydroxylation sites is 1. The van der Waals surface area contributed by atoms with Crippen LogP contribution in [0.3, 0.4) is 0 Å². The molecule has 0 saturated carbocycles. The number of aliphatic hydroxyl groups excluding tert-OH is 1. The minimum atomic E-state index is -3.24. The minimum Gasteiger partial charge on any atom is -0.385 e. The zero-order chi connectivity index (χ0) is 14.9. The van der Waals surface area contributed by atoms with Gasteiger partial charge in [-0.1, -0.05) is 24.6 Å². The molecule has 3 rings (SSSR count). The van der Waals surface area contributed by atoms with E-state index in [4.69, 9.17) is 0 Å². The Morgan fingerprint density at radius 3 is 2.67 bits per heavy atom. The summed E-state index contributed by atoms with van der Waals surface area (Å²) in [6, 6.07) is 11.1. The Bertz CT molecular complexity index is 710. The third-order valence-electron chi connectivity index (χ3n) is 3.96. The maximum absolute atomic E-state index is 12.2. The van der Waals surface area contributed by atoms with E-state index in [0.717, 1.165) is 12.1 Å². The molecule has 2 atom stereocenters. The SMILES string of the molecule is O=S1(=O)CCCCC1C(O)c1ccnn1-c1ccccc1.